The molecule has 0 fully saturated rings. The van der Waals surface area contributed by atoms with E-state index in [4.69, 9.17) is 0 Å². The van der Waals surface area contributed by atoms with Gasteiger partial charge in [-0.05, 0) is 36.4 Å². The topological polar surface area (TPSA) is 101 Å². The maximum atomic E-state index is 12.4. The predicted molar refractivity (Wildman–Crippen MR) is 86.0 cm³/mol. The van der Waals surface area contributed by atoms with Gasteiger partial charge >= 0.3 is 0 Å². The van der Waals surface area contributed by atoms with Gasteiger partial charge in [0.05, 0.1) is 10.5 Å². The molecule has 23 heavy (non-hydrogen) atoms. The Bertz CT molecular complexity index is 919. The minimum Gasteiger partial charge on any atom is -0.214 e. The summed E-state index contributed by atoms with van der Waals surface area (Å²) in [7, 11) is -2.30. The van der Waals surface area contributed by atoms with Crippen molar-refractivity contribution in [1.29, 1.82) is 0 Å². The quantitative estimate of drug-likeness (QED) is 0.759. The minimum absolute atomic E-state index is 0.111. The van der Waals surface area contributed by atoms with Crippen LogP contribution in [0, 0.1) is 6.92 Å². The SMILES string of the molecule is CNS(=O)(=O)c1cccc(-c2ccc(C)cc2)c1-c1nn[nH]n1. The monoisotopic (exact) mass is 329 g/mol. The highest BCUT2D eigenvalue weighted by molar-refractivity contribution is 7.89. The molecule has 0 radical (unpaired) electrons. The van der Waals surface area contributed by atoms with Crippen LogP contribution in [0.3, 0.4) is 0 Å². The fourth-order valence-corrected chi connectivity index (χ4v) is 3.28. The van der Waals surface area contributed by atoms with Gasteiger partial charge in [0.25, 0.3) is 0 Å². The molecule has 0 atom stereocenters. The lowest BCUT2D eigenvalue weighted by atomic mass is 9.98. The lowest BCUT2D eigenvalue weighted by Crippen LogP contribution is -2.19. The fraction of sp³-hybridized carbons (Fsp3) is 0.133. The van der Waals surface area contributed by atoms with Gasteiger partial charge in [0.2, 0.25) is 15.8 Å². The Morgan fingerprint density at radius 2 is 1.83 bits per heavy atom. The second-order valence-corrected chi connectivity index (χ2v) is 6.84. The predicted octanol–water partition coefficient (Wildman–Crippen LogP) is 1.75. The average molecular weight is 329 g/mol. The van der Waals surface area contributed by atoms with Crippen molar-refractivity contribution >= 4 is 10.0 Å². The number of aromatic nitrogens is 4. The fourth-order valence-electron chi connectivity index (χ4n) is 2.34. The molecule has 0 saturated heterocycles. The summed E-state index contributed by atoms with van der Waals surface area (Å²) in [6.07, 6.45) is 0. The summed E-state index contributed by atoms with van der Waals surface area (Å²) in [5.74, 6) is 0.231. The van der Waals surface area contributed by atoms with Crippen LogP contribution >= 0.6 is 0 Å². The molecular weight excluding hydrogens is 314 g/mol. The zero-order chi connectivity index (χ0) is 16.4. The Morgan fingerprint density at radius 1 is 1.09 bits per heavy atom. The van der Waals surface area contributed by atoms with Gasteiger partial charge in [0.15, 0.2) is 0 Å². The first-order valence-electron chi connectivity index (χ1n) is 6.90. The Hall–Kier alpha value is -2.58. The standard InChI is InChI=1S/C15H15N5O2S/c1-10-6-8-11(9-7-10)12-4-3-5-13(23(21,22)16-2)14(12)15-17-19-20-18-15/h3-9,16H,1-2H3,(H,17,18,19,20). The lowest BCUT2D eigenvalue weighted by molar-refractivity contribution is 0.588. The van der Waals surface area contributed by atoms with Crippen LogP contribution in [0.25, 0.3) is 22.5 Å². The Balaban J connectivity index is 2.33. The minimum atomic E-state index is -3.67. The highest BCUT2D eigenvalue weighted by atomic mass is 32.2. The summed E-state index contributed by atoms with van der Waals surface area (Å²) in [6, 6.07) is 12.9. The van der Waals surface area contributed by atoms with Gasteiger partial charge in [-0.25, -0.2) is 13.1 Å². The van der Waals surface area contributed by atoms with Crippen molar-refractivity contribution < 1.29 is 8.42 Å². The summed E-state index contributed by atoms with van der Waals surface area (Å²) < 4.78 is 27.0. The molecule has 0 aliphatic carbocycles. The summed E-state index contributed by atoms with van der Waals surface area (Å²) in [5, 5.41) is 13.8. The zero-order valence-electron chi connectivity index (χ0n) is 12.6. The number of rotatable bonds is 4. The number of hydrogen-bond acceptors (Lipinski definition) is 5. The van der Waals surface area contributed by atoms with Crippen LogP contribution in [0.5, 0.6) is 0 Å². The Kier molecular flexibility index (Phi) is 3.93. The molecule has 8 heteroatoms. The van der Waals surface area contributed by atoms with Gasteiger partial charge in [-0.1, -0.05) is 42.0 Å². The molecule has 7 nitrogen and oxygen atoms in total. The first-order chi connectivity index (χ1) is 11.0. The van der Waals surface area contributed by atoms with E-state index in [9.17, 15) is 8.42 Å². The van der Waals surface area contributed by atoms with Crippen molar-refractivity contribution in [2.75, 3.05) is 7.05 Å². The van der Waals surface area contributed by atoms with E-state index in [1.54, 1.807) is 6.07 Å². The van der Waals surface area contributed by atoms with Crippen LogP contribution in [0.2, 0.25) is 0 Å². The van der Waals surface area contributed by atoms with E-state index in [0.29, 0.717) is 5.56 Å². The third-order valence-corrected chi connectivity index (χ3v) is 4.97. The van der Waals surface area contributed by atoms with Gasteiger partial charge in [0.1, 0.15) is 0 Å². The number of aryl methyl sites for hydroxylation is 1. The number of benzene rings is 2. The molecular formula is C15H15N5O2S. The van der Waals surface area contributed by atoms with Crippen LogP contribution in [-0.2, 0) is 10.0 Å². The third kappa shape index (κ3) is 2.86. The molecule has 3 aromatic rings. The number of tetrazole rings is 1. The van der Waals surface area contributed by atoms with Gasteiger partial charge in [-0.2, -0.15) is 5.21 Å². The van der Waals surface area contributed by atoms with E-state index in [0.717, 1.165) is 16.7 Å². The van der Waals surface area contributed by atoms with Crippen molar-refractivity contribution in [2.24, 2.45) is 0 Å². The van der Waals surface area contributed by atoms with Crippen LogP contribution in [-0.4, -0.2) is 36.1 Å². The molecule has 0 aliphatic rings. The number of nitrogens with one attached hydrogen (secondary N) is 2. The normalized spacial score (nSPS) is 11.6. The molecule has 1 aromatic heterocycles. The zero-order valence-corrected chi connectivity index (χ0v) is 13.4. The maximum absolute atomic E-state index is 12.4. The van der Waals surface area contributed by atoms with Crippen molar-refractivity contribution in [3.05, 3.63) is 48.0 Å². The van der Waals surface area contributed by atoms with Crippen molar-refractivity contribution in [3.8, 4) is 22.5 Å². The summed E-state index contributed by atoms with van der Waals surface area (Å²) in [4.78, 5) is 0.111. The number of H-pyrrole nitrogens is 1. The number of aromatic amines is 1. The third-order valence-electron chi connectivity index (χ3n) is 3.52. The first kappa shape index (κ1) is 15.3. The smallest absolute Gasteiger partial charge is 0.214 e. The van der Waals surface area contributed by atoms with E-state index < -0.39 is 10.0 Å². The van der Waals surface area contributed by atoms with E-state index in [1.807, 2.05) is 37.3 Å². The maximum Gasteiger partial charge on any atom is 0.241 e. The highest BCUT2D eigenvalue weighted by Gasteiger charge is 2.23. The summed E-state index contributed by atoms with van der Waals surface area (Å²) in [5.41, 5.74) is 3.14. The molecule has 0 saturated carbocycles. The molecule has 118 valence electrons. The molecule has 0 unspecified atom stereocenters. The van der Waals surface area contributed by atoms with E-state index in [1.165, 1.54) is 13.1 Å². The van der Waals surface area contributed by atoms with Crippen LogP contribution < -0.4 is 4.72 Å². The van der Waals surface area contributed by atoms with Crippen molar-refractivity contribution in [3.63, 3.8) is 0 Å². The van der Waals surface area contributed by atoms with Gasteiger partial charge in [-0.15, -0.1) is 10.2 Å². The number of nitrogens with zero attached hydrogens (tertiary/aromatic N) is 3. The van der Waals surface area contributed by atoms with E-state index in [2.05, 4.69) is 25.3 Å². The van der Waals surface area contributed by atoms with Gasteiger partial charge in [0, 0.05) is 0 Å². The highest BCUT2D eigenvalue weighted by Crippen LogP contribution is 2.35. The molecule has 1 heterocycles. The summed E-state index contributed by atoms with van der Waals surface area (Å²) in [6.45, 7) is 1.99. The van der Waals surface area contributed by atoms with E-state index in [-0.39, 0.29) is 10.7 Å². The van der Waals surface area contributed by atoms with Crippen LogP contribution in [0.1, 0.15) is 5.56 Å². The Labute approximate surface area is 133 Å². The average Bonchev–Trinajstić information content (AvgIpc) is 3.09. The molecule has 0 amide bonds. The lowest BCUT2D eigenvalue weighted by Gasteiger charge is -2.12. The largest absolute Gasteiger partial charge is 0.241 e. The molecule has 2 aromatic carbocycles. The molecule has 0 bridgehead atoms. The number of sulfonamides is 1. The second-order valence-electron chi connectivity index (χ2n) is 4.99. The Morgan fingerprint density at radius 3 is 2.43 bits per heavy atom. The molecule has 0 spiro atoms. The van der Waals surface area contributed by atoms with Gasteiger partial charge in [-0.3, -0.25) is 0 Å². The number of hydrogen-bond donors (Lipinski definition) is 2. The van der Waals surface area contributed by atoms with E-state index >= 15 is 0 Å². The van der Waals surface area contributed by atoms with Crippen molar-refractivity contribution in [1.82, 2.24) is 25.3 Å². The van der Waals surface area contributed by atoms with Crippen LogP contribution in [0.15, 0.2) is 47.4 Å². The van der Waals surface area contributed by atoms with Gasteiger partial charge < -0.3 is 0 Å². The summed E-state index contributed by atoms with van der Waals surface area (Å²) >= 11 is 0. The first-order valence-corrected chi connectivity index (χ1v) is 8.38. The molecule has 2 N–H and O–H groups in total. The van der Waals surface area contributed by atoms with Crippen molar-refractivity contribution in [2.45, 2.75) is 11.8 Å². The van der Waals surface area contributed by atoms with Crippen LogP contribution in [0.4, 0.5) is 0 Å². The molecule has 3 rings (SSSR count). The second kappa shape index (κ2) is 5.90. The molecule has 0 aliphatic heterocycles.